The number of aromatic nitrogens is 2. The number of hydrogen-bond acceptors (Lipinski definition) is 2. The molecular formula is C9H9FN2O. The van der Waals surface area contributed by atoms with E-state index in [1.54, 1.807) is 16.8 Å². The van der Waals surface area contributed by atoms with E-state index < -0.39 is 0 Å². The molecule has 0 unspecified atom stereocenters. The zero-order valence-corrected chi connectivity index (χ0v) is 7.41. The predicted molar refractivity (Wildman–Crippen MR) is 46.4 cm³/mol. The molecule has 0 amide bonds. The maximum atomic E-state index is 13.2. The number of pyridine rings is 1. The number of aryl methyl sites for hydroxylation is 1. The largest absolute Gasteiger partial charge is 0.490 e. The van der Waals surface area contributed by atoms with Crippen LogP contribution in [0, 0.1) is 12.7 Å². The topological polar surface area (TPSA) is 26.5 Å². The highest BCUT2D eigenvalue weighted by Gasteiger charge is 2.10. The van der Waals surface area contributed by atoms with Gasteiger partial charge in [-0.2, -0.15) is 0 Å². The summed E-state index contributed by atoms with van der Waals surface area (Å²) in [6.45, 7) is 1.90. The van der Waals surface area contributed by atoms with E-state index in [0.717, 1.165) is 5.69 Å². The van der Waals surface area contributed by atoms with E-state index in [1.165, 1.54) is 13.2 Å². The van der Waals surface area contributed by atoms with Gasteiger partial charge in [0.2, 0.25) is 0 Å². The monoisotopic (exact) mass is 180 g/mol. The Morgan fingerprint density at radius 1 is 1.54 bits per heavy atom. The summed E-state index contributed by atoms with van der Waals surface area (Å²) in [6, 6.07) is 1.36. The number of imidazole rings is 1. The Kier molecular flexibility index (Phi) is 1.69. The molecule has 68 valence electrons. The molecule has 0 aromatic carbocycles. The lowest BCUT2D eigenvalue weighted by Gasteiger charge is -2.03. The van der Waals surface area contributed by atoms with Crippen molar-refractivity contribution in [1.82, 2.24) is 9.38 Å². The van der Waals surface area contributed by atoms with Crippen molar-refractivity contribution in [3.05, 3.63) is 30.0 Å². The highest BCUT2D eigenvalue weighted by Crippen LogP contribution is 2.22. The van der Waals surface area contributed by atoms with Gasteiger partial charge in [-0.1, -0.05) is 0 Å². The van der Waals surface area contributed by atoms with Gasteiger partial charge in [0.15, 0.2) is 17.2 Å². The molecular weight excluding hydrogens is 171 g/mol. The third kappa shape index (κ3) is 1.06. The SMILES string of the molecule is COc1c(F)ccn2c(C)cnc12. The molecule has 2 heterocycles. The molecule has 0 aliphatic heterocycles. The third-order valence-corrected chi connectivity index (χ3v) is 1.98. The van der Waals surface area contributed by atoms with Crippen LogP contribution >= 0.6 is 0 Å². The Hall–Kier alpha value is -1.58. The molecule has 0 saturated heterocycles. The lowest BCUT2D eigenvalue weighted by Crippen LogP contribution is -1.94. The van der Waals surface area contributed by atoms with Crippen molar-refractivity contribution in [3.63, 3.8) is 0 Å². The summed E-state index contributed by atoms with van der Waals surface area (Å²) >= 11 is 0. The van der Waals surface area contributed by atoms with Crippen LogP contribution in [0.2, 0.25) is 0 Å². The second-order valence-electron chi connectivity index (χ2n) is 2.79. The van der Waals surface area contributed by atoms with E-state index >= 15 is 0 Å². The van der Waals surface area contributed by atoms with Crippen LogP contribution in [0.3, 0.4) is 0 Å². The Morgan fingerprint density at radius 3 is 3.00 bits per heavy atom. The zero-order chi connectivity index (χ0) is 9.42. The molecule has 3 nitrogen and oxygen atoms in total. The highest BCUT2D eigenvalue weighted by molar-refractivity contribution is 5.55. The average molecular weight is 180 g/mol. The van der Waals surface area contributed by atoms with Gasteiger partial charge in [-0.3, -0.25) is 0 Å². The summed E-state index contributed by atoms with van der Waals surface area (Å²) < 4.78 is 19.8. The van der Waals surface area contributed by atoms with E-state index in [-0.39, 0.29) is 11.6 Å². The summed E-state index contributed by atoms with van der Waals surface area (Å²) in [7, 11) is 1.43. The van der Waals surface area contributed by atoms with Crippen LogP contribution in [-0.4, -0.2) is 16.5 Å². The zero-order valence-electron chi connectivity index (χ0n) is 7.41. The number of methoxy groups -OCH3 is 1. The van der Waals surface area contributed by atoms with Gasteiger partial charge >= 0.3 is 0 Å². The molecule has 0 bridgehead atoms. The van der Waals surface area contributed by atoms with Gasteiger partial charge in [0.1, 0.15) is 0 Å². The van der Waals surface area contributed by atoms with Gasteiger partial charge in [-0.15, -0.1) is 0 Å². The van der Waals surface area contributed by atoms with Crippen LogP contribution in [0.5, 0.6) is 5.75 Å². The van der Waals surface area contributed by atoms with Crippen LogP contribution in [0.1, 0.15) is 5.69 Å². The van der Waals surface area contributed by atoms with Gasteiger partial charge in [0, 0.05) is 18.1 Å². The fourth-order valence-corrected chi connectivity index (χ4v) is 1.31. The van der Waals surface area contributed by atoms with Crippen LogP contribution in [-0.2, 0) is 0 Å². The van der Waals surface area contributed by atoms with Crippen LogP contribution in [0.4, 0.5) is 4.39 Å². The molecule has 0 fully saturated rings. The molecule has 0 aliphatic rings. The maximum Gasteiger partial charge on any atom is 0.198 e. The van der Waals surface area contributed by atoms with Gasteiger partial charge in [0.25, 0.3) is 0 Å². The molecule has 0 radical (unpaired) electrons. The normalized spacial score (nSPS) is 10.7. The number of fused-ring (bicyclic) bond motifs is 1. The minimum Gasteiger partial charge on any atom is -0.490 e. The summed E-state index contributed by atoms with van der Waals surface area (Å²) in [5.41, 5.74) is 1.47. The molecule has 2 aromatic rings. The van der Waals surface area contributed by atoms with E-state index in [4.69, 9.17) is 4.74 Å². The first-order valence-corrected chi connectivity index (χ1v) is 3.90. The minimum atomic E-state index is -0.388. The molecule has 2 rings (SSSR count). The second kappa shape index (κ2) is 2.73. The summed E-state index contributed by atoms with van der Waals surface area (Å²) in [6.07, 6.45) is 3.31. The van der Waals surface area contributed by atoms with Crippen molar-refractivity contribution >= 4 is 5.65 Å². The molecule has 0 atom stereocenters. The second-order valence-corrected chi connectivity index (χ2v) is 2.79. The fourth-order valence-electron chi connectivity index (χ4n) is 1.31. The van der Waals surface area contributed by atoms with Gasteiger partial charge in [-0.25, -0.2) is 9.37 Å². The average Bonchev–Trinajstić information content (AvgIpc) is 2.48. The maximum absolute atomic E-state index is 13.2. The minimum absolute atomic E-state index is 0.190. The number of halogens is 1. The molecule has 0 saturated carbocycles. The molecule has 0 spiro atoms. The predicted octanol–water partition coefficient (Wildman–Crippen LogP) is 1.79. The van der Waals surface area contributed by atoms with Crippen molar-refractivity contribution in [2.45, 2.75) is 6.92 Å². The third-order valence-electron chi connectivity index (χ3n) is 1.98. The standard InChI is InChI=1S/C9H9FN2O/c1-6-5-11-9-8(13-2)7(10)3-4-12(6)9/h3-5H,1-2H3. The fraction of sp³-hybridized carbons (Fsp3) is 0.222. The van der Waals surface area contributed by atoms with E-state index in [0.29, 0.717) is 5.65 Å². The first-order valence-electron chi connectivity index (χ1n) is 3.90. The van der Waals surface area contributed by atoms with Crippen molar-refractivity contribution in [2.24, 2.45) is 0 Å². The van der Waals surface area contributed by atoms with Crippen molar-refractivity contribution < 1.29 is 9.13 Å². The Labute approximate surface area is 74.8 Å². The van der Waals surface area contributed by atoms with E-state index in [2.05, 4.69) is 4.98 Å². The number of ether oxygens (including phenoxy) is 1. The van der Waals surface area contributed by atoms with Gasteiger partial charge < -0.3 is 9.14 Å². The molecule has 0 N–H and O–H groups in total. The quantitative estimate of drug-likeness (QED) is 0.668. The van der Waals surface area contributed by atoms with Crippen LogP contribution in [0.15, 0.2) is 18.5 Å². The lowest BCUT2D eigenvalue weighted by atomic mass is 10.4. The molecule has 4 heteroatoms. The van der Waals surface area contributed by atoms with Crippen LogP contribution < -0.4 is 4.74 Å². The molecule has 0 aliphatic carbocycles. The van der Waals surface area contributed by atoms with E-state index in [9.17, 15) is 4.39 Å². The Bertz CT molecular complexity index is 450. The van der Waals surface area contributed by atoms with Crippen LogP contribution in [0.25, 0.3) is 5.65 Å². The Balaban J connectivity index is 2.85. The van der Waals surface area contributed by atoms with Crippen molar-refractivity contribution in [1.29, 1.82) is 0 Å². The first kappa shape index (κ1) is 8.04. The molecule has 2 aromatic heterocycles. The summed E-state index contributed by atoms with van der Waals surface area (Å²) in [4.78, 5) is 4.05. The summed E-state index contributed by atoms with van der Waals surface area (Å²) in [5.74, 6) is -0.198. The lowest BCUT2D eigenvalue weighted by molar-refractivity contribution is 0.388. The number of nitrogens with zero attached hydrogens (tertiary/aromatic N) is 2. The van der Waals surface area contributed by atoms with Gasteiger partial charge in [-0.05, 0) is 13.0 Å². The van der Waals surface area contributed by atoms with E-state index in [1.807, 2.05) is 6.92 Å². The highest BCUT2D eigenvalue weighted by atomic mass is 19.1. The summed E-state index contributed by atoms with van der Waals surface area (Å²) in [5, 5.41) is 0. The van der Waals surface area contributed by atoms with Crippen molar-refractivity contribution in [2.75, 3.05) is 7.11 Å². The first-order chi connectivity index (χ1) is 6.24. The Morgan fingerprint density at radius 2 is 2.31 bits per heavy atom. The molecule has 13 heavy (non-hydrogen) atoms. The van der Waals surface area contributed by atoms with Crippen molar-refractivity contribution in [3.8, 4) is 5.75 Å². The number of hydrogen-bond donors (Lipinski definition) is 0. The van der Waals surface area contributed by atoms with Gasteiger partial charge in [0.05, 0.1) is 7.11 Å². The number of rotatable bonds is 1. The smallest absolute Gasteiger partial charge is 0.198 e.